The highest BCUT2D eigenvalue weighted by Gasteiger charge is 2.24. The number of rotatable bonds is 3. The maximum absolute atomic E-state index is 12.1. The Morgan fingerprint density at radius 2 is 2.21 bits per heavy atom. The van der Waals surface area contributed by atoms with Crippen molar-refractivity contribution in [1.82, 2.24) is 10.3 Å². The second kappa shape index (κ2) is 6.21. The van der Waals surface area contributed by atoms with Gasteiger partial charge in [-0.15, -0.1) is 0 Å². The first-order valence-electron chi connectivity index (χ1n) is 5.76. The standard InChI is InChI=1S/C11H12ClN3O3S/c12-10-5-8(9(6-13-10)15(17)18)11(16)14-7-1-3-19-4-2-7/h5-7H,1-4H2,(H,14,16). The van der Waals surface area contributed by atoms with E-state index in [-0.39, 0.29) is 22.4 Å². The van der Waals surface area contributed by atoms with Crippen LogP contribution in [0.2, 0.25) is 5.15 Å². The van der Waals surface area contributed by atoms with Gasteiger partial charge in [0, 0.05) is 6.04 Å². The van der Waals surface area contributed by atoms with E-state index >= 15 is 0 Å². The van der Waals surface area contributed by atoms with Gasteiger partial charge in [0.2, 0.25) is 0 Å². The first-order valence-corrected chi connectivity index (χ1v) is 7.29. The lowest BCUT2D eigenvalue weighted by atomic mass is 10.1. The molecule has 0 saturated carbocycles. The number of nitrogens with zero attached hydrogens (tertiary/aromatic N) is 2. The van der Waals surface area contributed by atoms with Crippen LogP contribution in [0.3, 0.4) is 0 Å². The minimum atomic E-state index is -0.630. The summed E-state index contributed by atoms with van der Waals surface area (Å²) in [5.74, 6) is 1.52. The predicted octanol–water partition coefficient (Wildman–Crippen LogP) is 2.27. The van der Waals surface area contributed by atoms with Crippen LogP contribution in [0, 0.1) is 10.1 Å². The van der Waals surface area contributed by atoms with Crippen LogP contribution in [0.15, 0.2) is 12.3 Å². The Hall–Kier alpha value is -1.34. The number of hydrogen-bond donors (Lipinski definition) is 1. The summed E-state index contributed by atoms with van der Waals surface area (Å²) >= 11 is 7.53. The van der Waals surface area contributed by atoms with Gasteiger partial charge in [0.15, 0.2) is 0 Å². The molecule has 1 fully saturated rings. The summed E-state index contributed by atoms with van der Waals surface area (Å²) in [5.41, 5.74) is -0.365. The molecule has 0 spiro atoms. The van der Waals surface area contributed by atoms with E-state index in [0.29, 0.717) is 0 Å². The second-order valence-electron chi connectivity index (χ2n) is 4.14. The molecule has 2 heterocycles. The Morgan fingerprint density at radius 1 is 1.53 bits per heavy atom. The summed E-state index contributed by atoms with van der Waals surface area (Å²) in [6.45, 7) is 0. The van der Waals surface area contributed by atoms with Gasteiger partial charge >= 0.3 is 0 Å². The van der Waals surface area contributed by atoms with E-state index in [0.717, 1.165) is 30.5 Å². The third-order valence-corrected chi connectivity index (χ3v) is 4.10. The molecule has 0 aromatic carbocycles. The van der Waals surface area contributed by atoms with E-state index in [9.17, 15) is 14.9 Å². The van der Waals surface area contributed by atoms with Gasteiger partial charge in [-0.3, -0.25) is 14.9 Å². The molecule has 6 nitrogen and oxygen atoms in total. The highest BCUT2D eigenvalue weighted by molar-refractivity contribution is 7.99. The second-order valence-corrected chi connectivity index (χ2v) is 5.75. The van der Waals surface area contributed by atoms with Crippen LogP contribution in [-0.4, -0.2) is 33.4 Å². The number of hydrogen-bond acceptors (Lipinski definition) is 5. The summed E-state index contributed by atoms with van der Waals surface area (Å²) in [5, 5.41) is 13.7. The van der Waals surface area contributed by atoms with Gasteiger partial charge in [-0.2, -0.15) is 11.8 Å². The van der Waals surface area contributed by atoms with Crippen LogP contribution in [0.4, 0.5) is 5.69 Å². The number of carbonyl (C=O) groups is 1. The van der Waals surface area contributed by atoms with Crippen molar-refractivity contribution in [3.05, 3.63) is 33.1 Å². The Morgan fingerprint density at radius 3 is 2.84 bits per heavy atom. The molecule has 1 aromatic rings. The average Bonchev–Trinajstić information content (AvgIpc) is 2.39. The van der Waals surface area contributed by atoms with Crippen molar-refractivity contribution >= 4 is 35.0 Å². The van der Waals surface area contributed by atoms with Crippen molar-refractivity contribution in [3.8, 4) is 0 Å². The van der Waals surface area contributed by atoms with Gasteiger partial charge in [0.1, 0.15) is 16.9 Å². The fourth-order valence-electron chi connectivity index (χ4n) is 1.86. The highest BCUT2D eigenvalue weighted by Crippen LogP contribution is 2.22. The lowest BCUT2D eigenvalue weighted by Crippen LogP contribution is -2.37. The van der Waals surface area contributed by atoms with Crippen LogP contribution < -0.4 is 5.32 Å². The molecule has 2 rings (SSSR count). The molecular weight excluding hydrogens is 290 g/mol. The third-order valence-electron chi connectivity index (χ3n) is 2.85. The maximum atomic E-state index is 12.1. The van der Waals surface area contributed by atoms with E-state index in [4.69, 9.17) is 11.6 Å². The molecule has 1 aromatic heterocycles. The van der Waals surface area contributed by atoms with Crippen molar-refractivity contribution in [2.24, 2.45) is 0 Å². The molecule has 0 bridgehead atoms. The number of pyridine rings is 1. The van der Waals surface area contributed by atoms with Gasteiger partial charge < -0.3 is 5.32 Å². The topological polar surface area (TPSA) is 85.1 Å². The Bertz CT molecular complexity index is 506. The zero-order valence-electron chi connectivity index (χ0n) is 9.97. The normalized spacial score (nSPS) is 16.1. The monoisotopic (exact) mass is 301 g/mol. The van der Waals surface area contributed by atoms with Gasteiger partial charge in [-0.05, 0) is 30.4 Å². The number of halogens is 1. The van der Waals surface area contributed by atoms with Crippen molar-refractivity contribution in [3.63, 3.8) is 0 Å². The Labute approximate surface area is 119 Å². The minimum absolute atomic E-state index is 0.0387. The molecule has 8 heteroatoms. The first-order chi connectivity index (χ1) is 9.08. The quantitative estimate of drug-likeness (QED) is 0.526. The number of aromatic nitrogens is 1. The fraction of sp³-hybridized carbons (Fsp3) is 0.455. The molecule has 1 amide bonds. The molecule has 0 atom stereocenters. The summed E-state index contributed by atoms with van der Waals surface area (Å²) in [6.07, 6.45) is 2.76. The number of thioether (sulfide) groups is 1. The van der Waals surface area contributed by atoms with E-state index in [2.05, 4.69) is 10.3 Å². The molecular formula is C11H12ClN3O3S. The van der Waals surface area contributed by atoms with Gasteiger partial charge in [-0.25, -0.2) is 4.98 Å². The number of carbonyl (C=O) groups excluding carboxylic acids is 1. The molecule has 1 aliphatic heterocycles. The SMILES string of the molecule is O=C(NC1CCSCC1)c1cc(Cl)ncc1[N+](=O)[O-]. The Kier molecular flexibility index (Phi) is 4.60. The van der Waals surface area contributed by atoms with Crippen LogP contribution in [-0.2, 0) is 0 Å². The summed E-state index contributed by atoms with van der Waals surface area (Å²) in [4.78, 5) is 26.0. The molecule has 1 aliphatic rings. The van der Waals surface area contributed by atoms with Crippen LogP contribution in [0.25, 0.3) is 0 Å². The molecule has 19 heavy (non-hydrogen) atoms. The number of nitrogens with one attached hydrogen (secondary N) is 1. The van der Waals surface area contributed by atoms with E-state index in [1.54, 1.807) is 0 Å². The lowest BCUT2D eigenvalue weighted by Gasteiger charge is -2.22. The van der Waals surface area contributed by atoms with Crippen molar-refractivity contribution in [2.45, 2.75) is 18.9 Å². The smallest absolute Gasteiger partial charge is 0.300 e. The zero-order valence-corrected chi connectivity index (χ0v) is 11.5. The van der Waals surface area contributed by atoms with Crippen molar-refractivity contribution in [1.29, 1.82) is 0 Å². The molecule has 102 valence electrons. The van der Waals surface area contributed by atoms with E-state index in [1.165, 1.54) is 6.07 Å². The largest absolute Gasteiger partial charge is 0.349 e. The summed E-state index contributed by atoms with van der Waals surface area (Å²) in [6, 6.07) is 1.30. The summed E-state index contributed by atoms with van der Waals surface area (Å²) < 4.78 is 0. The first kappa shape index (κ1) is 14.1. The molecule has 0 radical (unpaired) electrons. The third kappa shape index (κ3) is 3.57. The van der Waals surface area contributed by atoms with Crippen LogP contribution in [0.1, 0.15) is 23.2 Å². The fourth-order valence-corrected chi connectivity index (χ4v) is 3.12. The highest BCUT2D eigenvalue weighted by atomic mass is 35.5. The van der Waals surface area contributed by atoms with Gasteiger partial charge in [-0.1, -0.05) is 11.6 Å². The zero-order chi connectivity index (χ0) is 13.8. The van der Waals surface area contributed by atoms with Crippen molar-refractivity contribution in [2.75, 3.05) is 11.5 Å². The average molecular weight is 302 g/mol. The van der Waals surface area contributed by atoms with E-state index < -0.39 is 10.8 Å². The number of nitro groups is 1. The molecule has 1 saturated heterocycles. The van der Waals surface area contributed by atoms with E-state index in [1.807, 2.05) is 11.8 Å². The number of amides is 1. The minimum Gasteiger partial charge on any atom is -0.349 e. The molecule has 1 N–H and O–H groups in total. The van der Waals surface area contributed by atoms with Crippen LogP contribution >= 0.6 is 23.4 Å². The molecule has 0 unspecified atom stereocenters. The maximum Gasteiger partial charge on any atom is 0.300 e. The molecule has 0 aliphatic carbocycles. The van der Waals surface area contributed by atoms with Crippen molar-refractivity contribution < 1.29 is 9.72 Å². The lowest BCUT2D eigenvalue weighted by molar-refractivity contribution is -0.385. The predicted molar refractivity (Wildman–Crippen MR) is 73.7 cm³/mol. The van der Waals surface area contributed by atoms with Gasteiger partial charge in [0.05, 0.1) is 4.92 Å². The Balaban J connectivity index is 2.17. The van der Waals surface area contributed by atoms with Gasteiger partial charge in [0.25, 0.3) is 11.6 Å². The van der Waals surface area contributed by atoms with Crippen LogP contribution in [0.5, 0.6) is 0 Å². The summed E-state index contributed by atoms with van der Waals surface area (Å²) in [7, 11) is 0.